The molecular formula is C22H18BrN3O3. The smallest absolute Gasteiger partial charge is 0.287 e. The van der Waals surface area contributed by atoms with Gasteiger partial charge in [-0.3, -0.25) is 9.59 Å². The number of nitrogens with zero attached hydrogens (tertiary/aromatic N) is 2. The SMILES string of the molecule is O=C(NC1CC1)c1cc2c(o1)-c1ccccc1N(C(=O)c1cccc(Br)n1)CC2. The van der Waals surface area contributed by atoms with E-state index in [1.165, 1.54) is 0 Å². The Balaban J connectivity index is 1.52. The Hall–Kier alpha value is -2.93. The summed E-state index contributed by atoms with van der Waals surface area (Å²) in [7, 11) is 0. The van der Waals surface area contributed by atoms with E-state index in [0.717, 1.165) is 29.7 Å². The van der Waals surface area contributed by atoms with E-state index in [-0.39, 0.29) is 17.9 Å². The molecule has 5 rings (SSSR count). The van der Waals surface area contributed by atoms with Crippen LogP contribution in [0.15, 0.2) is 57.6 Å². The van der Waals surface area contributed by atoms with Gasteiger partial charge in [0.05, 0.1) is 5.69 Å². The molecule has 7 heteroatoms. The Labute approximate surface area is 176 Å². The average molecular weight is 452 g/mol. The number of anilines is 1. The van der Waals surface area contributed by atoms with Crippen molar-refractivity contribution in [2.75, 3.05) is 11.4 Å². The average Bonchev–Trinajstić information content (AvgIpc) is 3.47. The molecular weight excluding hydrogens is 434 g/mol. The van der Waals surface area contributed by atoms with Crippen molar-refractivity contribution < 1.29 is 14.0 Å². The number of carbonyl (C=O) groups is 2. The summed E-state index contributed by atoms with van der Waals surface area (Å²) < 4.78 is 6.60. The van der Waals surface area contributed by atoms with Crippen LogP contribution in [0.3, 0.4) is 0 Å². The van der Waals surface area contributed by atoms with Gasteiger partial charge in [0.15, 0.2) is 5.76 Å². The van der Waals surface area contributed by atoms with Gasteiger partial charge < -0.3 is 14.6 Å². The second-order valence-corrected chi connectivity index (χ2v) is 8.09. The van der Waals surface area contributed by atoms with E-state index in [1.807, 2.05) is 24.3 Å². The standard InChI is InChI=1S/C22H18BrN3O3/c23-19-7-3-5-16(25-19)22(28)26-11-10-13-12-18(21(27)24-14-8-9-14)29-20(13)15-4-1-2-6-17(15)26/h1-7,12,14H,8-11H2,(H,24,27). The van der Waals surface area contributed by atoms with Crippen LogP contribution in [0.5, 0.6) is 0 Å². The molecule has 1 aliphatic carbocycles. The number of carbonyl (C=O) groups excluding carboxylic acids is 2. The summed E-state index contributed by atoms with van der Waals surface area (Å²) in [5, 5.41) is 2.96. The number of amides is 2. The van der Waals surface area contributed by atoms with E-state index in [4.69, 9.17) is 4.42 Å². The van der Waals surface area contributed by atoms with Crippen molar-refractivity contribution in [2.45, 2.75) is 25.3 Å². The highest BCUT2D eigenvalue weighted by atomic mass is 79.9. The van der Waals surface area contributed by atoms with Crippen LogP contribution in [-0.2, 0) is 6.42 Å². The first kappa shape index (κ1) is 18.1. The molecule has 6 nitrogen and oxygen atoms in total. The molecule has 1 fully saturated rings. The molecule has 2 aliphatic rings. The maximum Gasteiger partial charge on any atom is 0.287 e. The molecule has 0 saturated heterocycles. The van der Waals surface area contributed by atoms with Crippen LogP contribution >= 0.6 is 15.9 Å². The fourth-order valence-electron chi connectivity index (χ4n) is 3.57. The van der Waals surface area contributed by atoms with E-state index in [2.05, 4.69) is 26.2 Å². The van der Waals surface area contributed by atoms with Crippen LogP contribution in [0.25, 0.3) is 11.3 Å². The minimum Gasteiger partial charge on any atom is -0.451 e. The van der Waals surface area contributed by atoms with Gasteiger partial charge in [0.2, 0.25) is 0 Å². The fourth-order valence-corrected chi connectivity index (χ4v) is 3.91. The zero-order chi connectivity index (χ0) is 20.0. The van der Waals surface area contributed by atoms with Gasteiger partial charge in [-0.2, -0.15) is 0 Å². The van der Waals surface area contributed by atoms with Gasteiger partial charge in [-0.1, -0.05) is 18.2 Å². The Morgan fingerprint density at radius 2 is 1.97 bits per heavy atom. The van der Waals surface area contributed by atoms with Gasteiger partial charge in [0.25, 0.3) is 11.8 Å². The first-order valence-corrected chi connectivity index (χ1v) is 10.4. The van der Waals surface area contributed by atoms with Crippen LogP contribution in [-0.4, -0.2) is 29.4 Å². The quantitative estimate of drug-likeness (QED) is 0.605. The number of fused-ring (bicyclic) bond motifs is 3. The van der Waals surface area contributed by atoms with Crippen molar-refractivity contribution in [1.29, 1.82) is 0 Å². The van der Waals surface area contributed by atoms with E-state index < -0.39 is 0 Å². The van der Waals surface area contributed by atoms with Crippen molar-refractivity contribution in [3.63, 3.8) is 0 Å². The lowest BCUT2D eigenvalue weighted by Crippen LogP contribution is -2.33. The summed E-state index contributed by atoms with van der Waals surface area (Å²) in [5.74, 6) is 0.629. The number of nitrogens with one attached hydrogen (secondary N) is 1. The molecule has 3 heterocycles. The van der Waals surface area contributed by atoms with Crippen molar-refractivity contribution in [2.24, 2.45) is 0 Å². The third kappa shape index (κ3) is 3.46. The molecule has 2 aromatic heterocycles. The molecule has 29 heavy (non-hydrogen) atoms. The van der Waals surface area contributed by atoms with Gasteiger partial charge in [0.1, 0.15) is 16.1 Å². The zero-order valence-corrected chi connectivity index (χ0v) is 17.1. The molecule has 0 bridgehead atoms. The third-order valence-electron chi connectivity index (χ3n) is 5.17. The zero-order valence-electron chi connectivity index (χ0n) is 15.5. The lowest BCUT2D eigenvalue weighted by Gasteiger charge is -2.22. The number of pyridine rings is 1. The Bertz CT molecular complexity index is 1120. The number of benzene rings is 1. The number of para-hydroxylation sites is 1. The van der Waals surface area contributed by atoms with Crippen LogP contribution in [0.4, 0.5) is 5.69 Å². The minimum atomic E-state index is -0.177. The summed E-state index contributed by atoms with van der Waals surface area (Å²) in [6, 6.07) is 15.0. The molecule has 0 unspecified atom stereocenters. The van der Waals surface area contributed by atoms with Crippen molar-refractivity contribution in [3.8, 4) is 11.3 Å². The molecule has 1 aromatic carbocycles. The first-order chi connectivity index (χ1) is 14.1. The van der Waals surface area contributed by atoms with Crippen LogP contribution in [0.1, 0.15) is 39.4 Å². The Morgan fingerprint density at radius 1 is 1.14 bits per heavy atom. The van der Waals surface area contributed by atoms with Crippen molar-refractivity contribution in [1.82, 2.24) is 10.3 Å². The predicted octanol–water partition coefficient (Wildman–Crippen LogP) is 4.20. The number of rotatable bonds is 3. The highest BCUT2D eigenvalue weighted by Gasteiger charge is 2.30. The molecule has 0 radical (unpaired) electrons. The highest BCUT2D eigenvalue weighted by Crippen LogP contribution is 2.38. The van der Waals surface area contributed by atoms with Gasteiger partial charge >= 0.3 is 0 Å². The largest absolute Gasteiger partial charge is 0.451 e. The molecule has 0 spiro atoms. The summed E-state index contributed by atoms with van der Waals surface area (Å²) in [6.07, 6.45) is 2.63. The second-order valence-electron chi connectivity index (χ2n) is 7.28. The lowest BCUT2D eigenvalue weighted by atomic mass is 10.1. The molecule has 1 N–H and O–H groups in total. The van der Waals surface area contributed by atoms with Gasteiger partial charge in [-0.15, -0.1) is 0 Å². The molecule has 3 aromatic rings. The maximum absolute atomic E-state index is 13.2. The molecule has 1 aliphatic heterocycles. The molecule has 0 atom stereocenters. The Kier molecular flexibility index (Phi) is 4.47. The molecule has 1 saturated carbocycles. The van der Waals surface area contributed by atoms with E-state index in [9.17, 15) is 9.59 Å². The van der Waals surface area contributed by atoms with Gasteiger partial charge in [0, 0.05) is 23.7 Å². The number of hydrogen-bond acceptors (Lipinski definition) is 4. The minimum absolute atomic E-state index is 0.171. The normalized spacial score (nSPS) is 15.3. The topological polar surface area (TPSA) is 75.4 Å². The third-order valence-corrected chi connectivity index (χ3v) is 5.61. The van der Waals surface area contributed by atoms with E-state index >= 15 is 0 Å². The molecule has 2 amide bonds. The monoisotopic (exact) mass is 451 g/mol. The van der Waals surface area contributed by atoms with Gasteiger partial charge in [-0.05, 0) is 65.5 Å². The summed E-state index contributed by atoms with van der Waals surface area (Å²) >= 11 is 3.33. The second kappa shape index (κ2) is 7.15. The number of hydrogen-bond donors (Lipinski definition) is 1. The Morgan fingerprint density at radius 3 is 2.76 bits per heavy atom. The number of furan rings is 1. The fraction of sp³-hybridized carbons (Fsp3) is 0.227. The summed E-state index contributed by atoms with van der Waals surface area (Å²) in [4.78, 5) is 31.6. The first-order valence-electron chi connectivity index (χ1n) is 9.57. The van der Waals surface area contributed by atoms with Crippen molar-refractivity contribution in [3.05, 3.63) is 70.2 Å². The van der Waals surface area contributed by atoms with Crippen LogP contribution in [0.2, 0.25) is 0 Å². The van der Waals surface area contributed by atoms with Gasteiger partial charge in [-0.25, -0.2) is 4.98 Å². The van der Waals surface area contributed by atoms with E-state index in [1.54, 1.807) is 29.2 Å². The molecule has 146 valence electrons. The summed E-state index contributed by atoms with van der Waals surface area (Å²) in [6.45, 7) is 0.472. The number of halogens is 1. The van der Waals surface area contributed by atoms with Crippen LogP contribution in [0, 0.1) is 0 Å². The maximum atomic E-state index is 13.2. The van der Waals surface area contributed by atoms with Crippen molar-refractivity contribution >= 4 is 33.4 Å². The van der Waals surface area contributed by atoms with E-state index in [0.29, 0.717) is 34.8 Å². The number of aromatic nitrogens is 1. The summed E-state index contributed by atoms with van der Waals surface area (Å²) in [5.41, 5.74) is 2.85. The van der Waals surface area contributed by atoms with Crippen LogP contribution < -0.4 is 10.2 Å². The highest BCUT2D eigenvalue weighted by molar-refractivity contribution is 9.10. The lowest BCUT2D eigenvalue weighted by molar-refractivity contribution is 0.0923. The predicted molar refractivity (Wildman–Crippen MR) is 112 cm³/mol.